The van der Waals surface area contributed by atoms with Crippen LogP contribution in [0, 0.1) is 0 Å². The van der Waals surface area contributed by atoms with Crippen LogP contribution in [0.25, 0.3) is 10.8 Å². The highest BCUT2D eigenvalue weighted by Gasteiger charge is 2.19. The summed E-state index contributed by atoms with van der Waals surface area (Å²) in [4.78, 5) is 10.9. The first kappa shape index (κ1) is 13.4. The maximum Gasteiger partial charge on any atom is 0.344 e. The van der Waals surface area contributed by atoms with E-state index >= 15 is 0 Å². The van der Waals surface area contributed by atoms with Crippen LogP contribution < -0.4 is 4.74 Å². The van der Waals surface area contributed by atoms with Crippen LogP contribution in [-0.4, -0.2) is 22.3 Å². The molecule has 0 radical (unpaired) electrons. The molecule has 19 heavy (non-hydrogen) atoms. The van der Waals surface area contributed by atoms with Gasteiger partial charge in [-0.1, -0.05) is 36.4 Å². The van der Waals surface area contributed by atoms with Crippen molar-refractivity contribution in [1.82, 2.24) is 0 Å². The maximum atomic E-state index is 10.9. The van der Waals surface area contributed by atoms with Crippen LogP contribution in [0.2, 0.25) is 0 Å². The van der Waals surface area contributed by atoms with Gasteiger partial charge in [0.25, 0.3) is 0 Å². The van der Waals surface area contributed by atoms with E-state index in [4.69, 9.17) is 9.84 Å². The number of rotatable bonds is 4. The predicted molar refractivity (Wildman–Crippen MR) is 72.3 cm³/mol. The molecule has 100 valence electrons. The molecule has 0 bridgehead atoms. The number of carbonyl (C=O) groups is 1. The molecule has 0 aliphatic rings. The van der Waals surface area contributed by atoms with Crippen molar-refractivity contribution in [2.24, 2.45) is 0 Å². The summed E-state index contributed by atoms with van der Waals surface area (Å²) < 4.78 is 5.52. The van der Waals surface area contributed by atoms with Crippen LogP contribution in [0.3, 0.4) is 0 Å². The lowest BCUT2D eigenvalue weighted by Gasteiger charge is -2.18. The highest BCUT2D eigenvalue weighted by Crippen LogP contribution is 2.34. The average molecular weight is 260 g/mol. The van der Waals surface area contributed by atoms with E-state index in [0.29, 0.717) is 11.3 Å². The third kappa shape index (κ3) is 2.69. The summed E-state index contributed by atoms with van der Waals surface area (Å²) in [5.41, 5.74) is 0.590. The summed E-state index contributed by atoms with van der Waals surface area (Å²) in [6.07, 6.45) is -1.69. The SMILES string of the molecule is CC(Oc1c([C@@H](C)O)ccc2ccccc12)C(=O)O. The number of aliphatic hydroxyl groups excluding tert-OH is 1. The molecule has 1 unspecified atom stereocenters. The maximum absolute atomic E-state index is 10.9. The summed E-state index contributed by atoms with van der Waals surface area (Å²) in [6, 6.07) is 11.2. The number of carboxylic acid groups (broad SMARTS) is 1. The van der Waals surface area contributed by atoms with E-state index in [1.54, 1.807) is 13.0 Å². The lowest BCUT2D eigenvalue weighted by atomic mass is 10.0. The lowest BCUT2D eigenvalue weighted by Crippen LogP contribution is -2.23. The Balaban J connectivity index is 2.59. The molecule has 0 fully saturated rings. The van der Waals surface area contributed by atoms with E-state index in [1.165, 1.54) is 6.92 Å². The first-order chi connectivity index (χ1) is 9.00. The molecule has 0 aliphatic heterocycles. The molecule has 0 heterocycles. The van der Waals surface area contributed by atoms with Crippen LogP contribution in [0.1, 0.15) is 25.5 Å². The largest absolute Gasteiger partial charge is 0.479 e. The van der Waals surface area contributed by atoms with Crippen molar-refractivity contribution in [2.75, 3.05) is 0 Å². The second-order valence-corrected chi connectivity index (χ2v) is 4.48. The van der Waals surface area contributed by atoms with E-state index in [0.717, 1.165) is 10.8 Å². The van der Waals surface area contributed by atoms with Gasteiger partial charge in [0.1, 0.15) is 5.75 Å². The lowest BCUT2D eigenvalue weighted by molar-refractivity contribution is -0.144. The van der Waals surface area contributed by atoms with Crippen LogP contribution >= 0.6 is 0 Å². The predicted octanol–water partition coefficient (Wildman–Crippen LogP) is 2.75. The second-order valence-electron chi connectivity index (χ2n) is 4.48. The van der Waals surface area contributed by atoms with Crippen LogP contribution in [0.5, 0.6) is 5.75 Å². The minimum absolute atomic E-state index is 0.433. The molecule has 0 saturated heterocycles. The summed E-state index contributed by atoms with van der Waals surface area (Å²) >= 11 is 0. The van der Waals surface area contributed by atoms with Crippen LogP contribution in [-0.2, 0) is 4.79 Å². The Morgan fingerprint density at radius 2 is 1.84 bits per heavy atom. The van der Waals surface area contributed by atoms with E-state index < -0.39 is 18.2 Å². The van der Waals surface area contributed by atoms with Crippen molar-refractivity contribution in [2.45, 2.75) is 26.1 Å². The normalized spacial score (nSPS) is 14.1. The van der Waals surface area contributed by atoms with Gasteiger partial charge in [-0.05, 0) is 19.2 Å². The van der Waals surface area contributed by atoms with Crippen molar-refractivity contribution in [1.29, 1.82) is 0 Å². The monoisotopic (exact) mass is 260 g/mol. The summed E-state index contributed by atoms with van der Waals surface area (Å²) in [6.45, 7) is 3.10. The van der Waals surface area contributed by atoms with Gasteiger partial charge in [0, 0.05) is 10.9 Å². The van der Waals surface area contributed by atoms with Gasteiger partial charge in [-0.2, -0.15) is 0 Å². The minimum Gasteiger partial charge on any atom is -0.479 e. The standard InChI is InChI=1S/C15H16O4/c1-9(16)12-8-7-11-5-3-4-6-13(11)14(12)19-10(2)15(17)18/h3-10,16H,1-2H3,(H,17,18)/t9-,10?/m1/s1. The van der Waals surface area contributed by atoms with Gasteiger partial charge in [0.2, 0.25) is 0 Å². The fourth-order valence-electron chi connectivity index (χ4n) is 1.95. The number of hydrogen-bond donors (Lipinski definition) is 2. The highest BCUT2D eigenvalue weighted by molar-refractivity contribution is 5.90. The minimum atomic E-state index is -1.04. The molecular weight excluding hydrogens is 244 g/mol. The topological polar surface area (TPSA) is 66.8 Å². The number of fused-ring (bicyclic) bond motifs is 1. The summed E-state index contributed by atoms with van der Waals surface area (Å²) in [7, 11) is 0. The Labute approximate surface area is 111 Å². The van der Waals surface area contributed by atoms with Gasteiger partial charge in [-0.15, -0.1) is 0 Å². The van der Waals surface area contributed by atoms with Gasteiger partial charge in [0.05, 0.1) is 6.10 Å². The van der Waals surface area contributed by atoms with Gasteiger partial charge in [-0.25, -0.2) is 4.79 Å². The molecule has 2 rings (SSSR count). The molecule has 2 N–H and O–H groups in total. The molecule has 2 atom stereocenters. The van der Waals surface area contributed by atoms with Crippen molar-refractivity contribution in [3.05, 3.63) is 42.0 Å². The smallest absolute Gasteiger partial charge is 0.344 e. The Morgan fingerprint density at radius 1 is 1.16 bits per heavy atom. The molecule has 4 heteroatoms. The molecule has 0 amide bonds. The fourth-order valence-corrected chi connectivity index (χ4v) is 1.95. The number of carboxylic acids is 1. The number of benzene rings is 2. The van der Waals surface area contributed by atoms with Crippen molar-refractivity contribution >= 4 is 16.7 Å². The summed E-state index contributed by atoms with van der Waals surface area (Å²) in [5, 5.41) is 20.5. The van der Waals surface area contributed by atoms with Crippen LogP contribution in [0.15, 0.2) is 36.4 Å². The molecule has 0 spiro atoms. The molecule has 4 nitrogen and oxygen atoms in total. The first-order valence-corrected chi connectivity index (χ1v) is 6.10. The Bertz CT molecular complexity index is 604. The van der Waals surface area contributed by atoms with Crippen molar-refractivity contribution in [3.63, 3.8) is 0 Å². The Morgan fingerprint density at radius 3 is 2.47 bits per heavy atom. The number of ether oxygens (including phenoxy) is 1. The zero-order valence-electron chi connectivity index (χ0n) is 10.8. The van der Waals surface area contributed by atoms with Gasteiger partial charge >= 0.3 is 5.97 Å². The highest BCUT2D eigenvalue weighted by atomic mass is 16.5. The molecule has 2 aromatic rings. The third-order valence-corrected chi connectivity index (χ3v) is 3.00. The second kappa shape index (κ2) is 5.28. The zero-order valence-corrected chi connectivity index (χ0v) is 10.8. The molecule has 2 aromatic carbocycles. The van der Waals surface area contributed by atoms with E-state index in [9.17, 15) is 9.90 Å². The molecule has 0 aliphatic carbocycles. The van der Waals surface area contributed by atoms with Gasteiger partial charge in [0.15, 0.2) is 6.10 Å². The van der Waals surface area contributed by atoms with E-state index in [1.807, 2.05) is 30.3 Å². The van der Waals surface area contributed by atoms with Crippen LogP contribution in [0.4, 0.5) is 0 Å². The van der Waals surface area contributed by atoms with E-state index in [-0.39, 0.29) is 0 Å². The van der Waals surface area contributed by atoms with Crippen molar-refractivity contribution in [3.8, 4) is 5.75 Å². The van der Waals surface area contributed by atoms with Gasteiger partial charge in [-0.3, -0.25) is 0 Å². The summed E-state index contributed by atoms with van der Waals surface area (Å²) in [5.74, 6) is -0.604. The number of aliphatic hydroxyl groups is 1. The Kier molecular flexibility index (Phi) is 3.71. The van der Waals surface area contributed by atoms with E-state index in [2.05, 4.69) is 0 Å². The van der Waals surface area contributed by atoms with Crippen molar-refractivity contribution < 1.29 is 19.7 Å². The number of hydrogen-bond acceptors (Lipinski definition) is 3. The molecule has 0 aromatic heterocycles. The molecular formula is C15H16O4. The number of aliphatic carboxylic acids is 1. The zero-order chi connectivity index (χ0) is 14.0. The Hall–Kier alpha value is -2.07. The quantitative estimate of drug-likeness (QED) is 0.887. The first-order valence-electron chi connectivity index (χ1n) is 6.10. The van der Waals surface area contributed by atoms with Gasteiger partial charge < -0.3 is 14.9 Å². The average Bonchev–Trinajstić information content (AvgIpc) is 2.38. The molecule has 0 saturated carbocycles. The third-order valence-electron chi connectivity index (χ3n) is 3.00. The fraction of sp³-hybridized carbons (Fsp3) is 0.267.